The highest BCUT2D eigenvalue weighted by molar-refractivity contribution is 5.33. The number of allylic oxidation sites excluding steroid dienone is 4. The van der Waals surface area contributed by atoms with Crippen LogP contribution in [0.3, 0.4) is 0 Å². The van der Waals surface area contributed by atoms with Crippen LogP contribution in [-0.2, 0) is 0 Å². The second kappa shape index (κ2) is 10.4. The predicted octanol–water partition coefficient (Wildman–Crippen LogP) is 7.47. The van der Waals surface area contributed by atoms with Crippen LogP contribution in [0.15, 0.2) is 42.0 Å². The fourth-order valence-electron chi connectivity index (χ4n) is 3.35. The molecule has 1 unspecified atom stereocenters. The van der Waals surface area contributed by atoms with E-state index in [2.05, 4.69) is 25.2 Å². The maximum Gasteiger partial charge on any atom is 0.126 e. The number of hydrogen-bond donors (Lipinski definition) is 0. The Balaban J connectivity index is 1.66. The van der Waals surface area contributed by atoms with Crippen molar-refractivity contribution >= 4 is 0 Å². The molecule has 1 aromatic carbocycles. The van der Waals surface area contributed by atoms with Crippen molar-refractivity contribution in [3.05, 3.63) is 59.2 Å². The molecular weight excluding hydrogens is 302 g/mol. The van der Waals surface area contributed by atoms with E-state index in [0.29, 0.717) is 0 Å². The summed E-state index contributed by atoms with van der Waals surface area (Å²) in [5.74, 6) is -0.892. The van der Waals surface area contributed by atoms with E-state index in [9.17, 15) is 8.78 Å². The highest BCUT2D eigenvalue weighted by Gasteiger charge is 2.13. The Morgan fingerprint density at radius 2 is 1.50 bits per heavy atom. The van der Waals surface area contributed by atoms with Crippen molar-refractivity contribution in [1.82, 2.24) is 0 Å². The molecule has 2 heteroatoms. The van der Waals surface area contributed by atoms with Crippen molar-refractivity contribution in [2.45, 2.75) is 77.0 Å². The van der Waals surface area contributed by atoms with Gasteiger partial charge in [0.15, 0.2) is 0 Å². The third-order valence-electron chi connectivity index (χ3n) is 4.81. The van der Waals surface area contributed by atoms with E-state index in [1.165, 1.54) is 69.1 Å². The zero-order chi connectivity index (χ0) is 17.2. The van der Waals surface area contributed by atoms with Crippen LogP contribution in [0.25, 0.3) is 0 Å². The van der Waals surface area contributed by atoms with Gasteiger partial charge in [0.25, 0.3) is 0 Å². The van der Waals surface area contributed by atoms with Crippen LogP contribution in [0.2, 0.25) is 0 Å². The third-order valence-corrected chi connectivity index (χ3v) is 4.81. The van der Waals surface area contributed by atoms with E-state index in [0.717, 1.165) is 24.5 Å². The minimum absolute atomic E-state index is 0.0949. The van der Waals surface area contributed by atoms with E-state index in [1.807, 2.05) is 0 Å². The molecule has 1 aliphatic rings. The second-order valence-electron chi connectivity index (χ2n) is 6.91. The van der Waals surface area contributed by atoms with Gasteiger partial charge in [0.05, 0.1) is 0 Å². The van der Waals surface area contributed by atoms with Crippen LogP contribution in [0.4, 0.5) is 8.78 Å². The highest BCUT2D eigenvalue weighted by Crippen LogP contribution is 2.29. The first-order valence-electron chi connectivity index (χ1n) is 9.52. The summed E-state index contributed by atoms with van der Waals surface area (Å²) in [6.07, 6.45) is 19.1. The Labute approximate surface area is 145 Å². The summed E-state index contributed by atoms with van der Waals surface area (Å²) < 4.78 is 26.6. The Morgan fingerprint density at radius 1 is 0.875 bits per heavy atom. The third kappa shape index (κ3) is 6.59. The number of benzene rings is 1. The van der Waals surface area contributed by atoms with Crippen LogP contribution in [-0.4, -0.2) is 0 Å². The Morgan fingerprint density at radius 3 is 2.08 bits per heavy atom. The van der Waals surface area contributed by atoms with Gasteiger partial charge >= 0.3 is 0 Å². The molecule has 0 saturated heterocycles. The molecule has 0 fully saturated rings. The van der Waals surface area contributed by atoms with Crippen LogP contribution in [0, 0.1) is 11.6 Å². The zero-order valence-corrected chi connectivity index (χ0v) is 14.9. The van der Waals surface area contributed by atoms with Crippen LogP contribution >= 0.6 is 0 Å². The molecule has 1 aromatic rings. The minimum Gasteiger partial charge on any atom is -0.207 e. The van der Waals surface area contributed by atoms with Crippen molar-refractivity contribution in [3.8, 4) is 0 Å². The molecule has 0 heterocycles. The fraction of sp³-hybridized carbons (Fsp3) is 0.545. The topological polar surface area (TPSA) is 0 Å². The quantitative estimate of drug-likeness (QED) is 0.390. The van der Waals surface area contributed by atoms with Gasteiger partial charge in [-0.25, -0.2) is 8.78 Å². The number of unbranched alkanes of at least 4 members (excludes halogenated alkanes) is 7. The number of rotatable bonds is 10. The Hall–Kier alpha value is -1.44. The van der Waals surface area contributed by atoms with E-state index >= 15 is 0 Å². The van der Waals surface area contributed by atoms with Gasteiger partial charge in [0.1, 0.15) is 11.6 Å². The molecule has 132 valence electrons. The van der Waals surface area contributed by atoms with Crippen molar-refractivity contribution in [3.63, 3.8) is 0 Å². The minimum atomic E-state index is -0.493. The molecule has 0 aliphatic heterocycles. The first-order valence-corrected chi connectivity index (χ1v) is 9.52. The average Bonchev–Trinajstić information content (AvgIpc) is 2.57. The fourth-order valence-corrected chi connectivity index (χ4v) is 3.35. The monoisotopic (exact) mass is 332 g/mol. The van der Waals surface area contributed by atoms with Crippen LogP contribution in [0.1, 0.15) is 82.6 Å². The molecule has 24 heavy (non-hydrogen) atoms. The largest absolute Gasteiger partial charge is 0.207 e. The van der Waals surface area contributed by atoms with Crippen LogP contribution in [0.5, 0.6) is 0 Å². The van der Waals surface area contributed by atoms with Crippen molar-refractivity contribution in [2.24, 2.45) is 0 Å². The molecule has 0 bridgehead atoms. The van der Waals surface area contributed by atoms with Gasteiger partial charge in [-0.05, 0) is 37.0 Å². The maximum atomic E-state index is 13.3. The predicted molar refractivity (Wildman–Crippen MR) is 98.2 cm³/mol. The Kier molecular flexibility index (Phi) is 8.21. The lowest BCUT2D eigenvalue weighted by Crippen LogP contribution is -2.00. The van der Waals surface area contributed by atoms with Crippen LogP contribution < -0.4 is 0 Å². The molecule has 1 atom stereocenters. The molecule has 1 aliphatic carbocycles. The molecule has 0 spiro atoms. The maximum absolute atomic E-state index is 13.3. The summed E-state index contributed by atoms with van der Waals surface area (Å²) in [6.45, 7) is 2.25. The SMILES string of the molecule is CCCCCCCCCCC1=CCC(c2cc(F)cc(F)c2)C=C1. The Bertz CT molecular complexity index is 537. The van der Waals surface area contributed by atoms with Gasteiger partial charge in [-0.2, -0.15) is 0 Å². The van der Waals surface area contributed by atoms with Gasteiger partial charge in [-0.1, -0.05) is 75.7 Å². The number of hydrogen-bond acceptors (Lipinski definition) is 0. The summed E-state index contributed by atoms with van der Waals surface area (Å²) in [4.78, 5) is 0. The molecular formula is C22H30F2. The van der Waals surface area contributed by atoms with Gasteiger partial charge in [0, 0.05) is 12.0 Å². The second-order valence-corrected chi connectivity index (χ2v) is 6.91. The highest BCUT2D eigenvalue weighted by atomic mass is 19.1. The lowest BCUT2D eigenvalue weighted by Gasteiger charge is -2.17. The van der Waals surface area contributed by atoms with Crippen molar-refractivity contribution in [2.75, 3.05) is 0 Å². The van der Waals surface area contributed by atoms with Crippen molar-refractivity contribution < 1.29 is 8.78 Å². The zero-order valence-electron chi connectivity index (χ0n) is 14.9. The van der Waals surface area contributed by atoms with E-state index in [-0.39, 0.29) is 5.92 Å². The normalized spacial score (nSPS) is 17.1. The first-order chi connectivity index (χ1) is 11.7. The van der Waals surface area contributed by atoms with Gasteiger partial charge < -0.3 is 0 Å². The van der Waals surface area contributed by atoms with Crippen molar-refractivity contribution in [1.29, 1.82) is 0 Å². The molecule has 0 nitrogen and oxygen atoms in total. The summed E-state index contributed by atoms with van der Waals surface area (Å²) in [6, 6.07) is 3.81. The lowest BCUT2D eigenvalue weighted by atomic mass is 9.88. The van der Waals surface area contributed by atoms with Gasteiger partial charge in [-0.3, -0.25) is 0 Å². The van der Waals surface area contributed by atoms with Gasteiger partial charge in [-0.15, -0.1) is 0 Å². The molecule has 0 aromatic heterocycles. The van der Waals surface area contributed by atoms with E-state index in [4.69, 9.17) is 0 Å². The van der Waals surface area contributed by atoms with E-state index in [1.54, 1.807) is 0 Å². The van der Waals surface area contributed by atoms with Gasteiger partial charge in [0.2, 0.25) is 0 Å². The standard InChI is InChI=1S/C22H30F2/c1-2-3-4-5-6-7-8-9-10-18-11-13-19(14-12-18)20-15-21(23)17-22(24)16-20/h11-13,15-17,19H,2-10,14H2,1H3. The first kappa shape index (κ1) is 18.9. The summed E-state index contributed by atoms with van der Waals surface area (Å²) in [5.41, 5.74) is 2.10. The summed E-state index contributed by atoms with van der Waals surface area (Å²) in [5, 5.41) is 0. The molecule has 2 rings (SSSR count). The molecule has 0 amide bonds. The lowest BCUT2D eigenvalue weighted by molar-refractivity contribution is 0.574. The number of halogens is 2. The van der Waals surface area contributed by atoms with E-state index < -0.39 is 11.6 Å². The molecule has 0 radical (unpaired) electrons. The summed E-state index contributed by atoms with van der Waals surface area (Å²) >= 11 is 0. The average molecular weight is 332 g/mol. The molecule has 0 saturated carbocycles. The summed E-state index contributed by atoms with van der Waals surface area (Å²) in [7, 11) is 0. The smallest absolute Gasteiger partial charge is 0.126 e. The molecule has 0 N–H and O–H groups in total.